The number of amides is 2. The van der Waals surface area contributed by atoms with Crippen molar-refractivity contribution < 1.29 is 9.90 Å². The Balaban J connectivity index is 1.87. The highest BCUT2D eigenvalue weighted by Crippen LogP contribution is 2.18. The summed E-state index contributed by atoms with van der Waals surface area (Å²) in [5, 5.41) is 22.6. The van der Waals surface area contributed by atoms with Crippen molar-refractivity contribution in [3.63, 3.8) is 0 Å². The number of rotatable bonds is 6. The number of aliphatic hydroxyl groups is 1. The summed E-state index contributed by atoms with van der Waals surface area (Å²) >= 11 is 0. The highest BCUT2D eigenvalue weighted by molar-refractivity contribution is 5.89. The maximum absolute atomic E-state index is 11.9. The van der Waals surface area contributed by atoms with Gasteiger partial charge in [0.1, 0.15) is 0 Å². The minimum Gasteiger partial charge on any atom is -0.396 e. The zero-order valence-electron chi connectivity index (χ0n) is 12.8. The Morgan fingerprint density at radius 2 is 1.86 bits per heavy atom. The van der Waals surface area contributed by atoms with Gasteiger partial charge in [-0.15, -0.1) is 0 Å². The predicted octanol–water partition coefficient (Wildman–Crippen LogP) is 1.80. The van der Waals surface area contributed by atoms with E-state index >= 15 is 0 Å². The predicted molar refractivity (Wildman–Crippen MR) is 83.9 cm³/mol. The smallest absolute Gasteiger partial charge is 0.319 e. The van der Waals surface area contributed by atoms with Gasteiger partial charge in [0.2, 0.25) is 0 Å². The van der Waals surface area contributed by atoms with Gasteiger partial charge in [0.25, 0.3) is 0 Å². The number of aliphatic hydroxyl groups excluding tert-OH is 1. The Hall–Kier alpha value is -2.41. The first kappa shape index (κ1) is 16.0. The number of benzene rings is 1. The van der Waals surface area contributed by atoms with Gasteiger partial charge in [-0.25, -0.2) is 4.79 Å². The summed E-state index contributed by atoms with van der Waals surface area (Å²) in [6, 6.07) is 6.96. The molecule has 2 rings (SSSR count). The van der Waals surface area contributed by atoms with E-state index in [1.165, 1.54) is 4.80 Å². The van der Waals surface area contributed by atoms with Crippen molar-refractivity contribution in [3.8, 4) is 5.69 Å². The Labute approximate surface area is 129 Å². The first-order chi connectivity index (χ1) is 10.5. The zero-order valence-corrected chi connectivity index (χ0v) is 12.8. The van der Waals surface area contributed by atoms with E-state index in [0.29, 0.717) is 18.7 Å². The molecule has 0 saturated carbocycles. The third kappa shape index (κ3) is 4.56. The number of hydrogen-bond donors (Lipinski definition) is 3. The standard InChI is InChI=1S/C15H21N5O2/c1-15(2,7-10-21)11-16-14(22)19-12-3-5-13(6-4-12)20-17-8-9-18-20/h3-6,8-9,21H,7,10-11H2,1-2H3,(H2,16,19,22). The van der Waals surface area contributed by atoms with Gasteiger partial charge in [-0.3, -0.25) is 0 Å². The van der Waals surface area contributed by atoms with E-state index in [0.717, 1.165) is 5.69 Å². The molecule has 0 atom stereocenters. The molecule has 0 aliphatic carbocycles. The number of carbonyl (C=O) groups is 1. The summed E-state index contributed by atoms with van der Waals surface area (Å²) in [6.07, 6.45) is 3.85. The first-order valence-electron chi connectivity index (χ1n) is 7.13. The topological polar surface area (TPSA) is 92.1 Å². The van der Waals surface area contributed by atoms with Crippen LogP contribution in [0.4, 0.5) is 10.5 Å². The van der Waals surface area contributed by atoms with Crippen LogP contribution < -0.4 is 10.6 Å². The van der Waals surface area contributed by atoms with Crippen LogP contribution in [0.2, 0.25) is 0 Å². The van der Waals surface area contributed by atoms with Crippen molar-refractivity contribution in [1.82, 2.24) is 20.3 Å². The Morgan fingerprint density at radius 3 is 2.45 bits per heavy atom. The van der Waals surface area contributed by atoms with Crippen LogP contribution in [0.15, 0.2) is 36.7 Å². The molecule has 0 aliphatic rings. The van der Waals surface area contributed by atoms with Crippen LogP contribution >= 0.6 is 0 Å². The molecular formula is C15H21N5O2. The largest absolute Gasteiger partial charge is 0.396 e. The number of anilines is 1. The summed E-state index contributed by atoms with van der Waals surface area (Å²) < 4.78 is 0. The lowest BCUT2D eigenvalue weighted by Crippen LogP contribution is -2.37. The van der Waals surface area contributed by atoms with Gasteiger partial charge in [0, 0.05) is 18.8 Å². The molecular weight excluding hydrogens is 282 g/mol. The second-order valence-electron chi connectivity index (χ2n) is 5.81. The molecule has 1 heterocycles. The van der Waals surface area contributed by atoms with Gasteiger partial charge >= 0.3 is 6.03 Å². The number of aromatic nitrogens is 3. The minimum atomic E-state index is -0.268. The highest BCUT2D eigenvalue weighted by Gasteiger charge is 2.18. The summed E-state index contributed by atoms with van der Waals surface area (Å²) in [7, 11) is 0. The maximum Gasteiger partial charge on any atom is 0.319 e. The molecule has 1 aromatic carbocycles. The summed E-state index contributed by atoms with van der Waals surface area (Å²) in [5.41, 5.74) is 1.37. The summed E-state index contributed by atoms with van der Waals surface area (Å²) in [4.78, 5) is 13.4. The van der Waals surface area contributed by atoms with Crippen LogP contribution in [0.1, 0.15) is 20.3 Å². The molecule has 22 heavy (non-hydrogen) atoms. The fraction of sp³-hybridized carbons (Fsp3) is 0.400. The third-order valence-electron chi connectivity index (χ3n) is 3.29. The molecule has 0 spiro atoms. The van der Waals surface area contributed by atoms with Gasteiger partial charge in [0.15, 0.2) is 0 Å². The average Bonchev–Trinajstić information content (AvgIpc) is 3.00. The van der Waals surface area contributed by atoms with Crippen molar-refractivity contribution in [3.05, 3.63) is 36.7 Å². The van der Waals surface area contributed by atoms with Crippen LogP contribution in [0, 0.1) is 5.41 Å². The third-order valence-corrected chi connectivity index (χ3v) is 3.29. The van der Waals surface area contributed by atoms with Crippen LogP contribution in [-0.2, 0) is 0 Å². The molecule has 0 aliphatic heterocycles. The summed E-state index contributed by atoms with van der Waals surface area (Å²) in [6.45, 7) is 4.60. The van der Waals surface area contributed by atoms with Crippen molar-refractivity contribution in [2.75, 3.05) is 18.5 Å². The van der Waals surface area contributed by atoms with Crippen LogP contribution in [0.3, 0.4) is 0 Å². The number of urea groups is 1. The molecule has 2 aromatic rings. The molecule has 3 N–H and O–H groups in total. The van der Waals surface area contributed by atoms with E-state index in [1.807, 2.05) is 26.0 Å². The lowest BCUT2D eigenvalue weighted by molar-refractivity contribution is 0.204. The lowest BCUT2D eigenvalue weighted by atomic mass is 9.90. The average molecular weight is 303 g/mol. The normalized spacial score (nSPS) is 11.2. The molecule has 0 bridgehead atoms. The van der Waals surface area contributed by atoms with Gasteiger partial charge < -0.3 is 15.7 Å². The Bertz CT molecular complexity index is 593. The van der Waals surface area contributed by atoms with Crippen LogP contribution in [0.5, 0.6) is 0 Å². The Morgan fingerprint density at radius 1 is 1.23 bits per heavy atom. The second-order valence-corrected chi connectivity index (χ2v) is 5.81. The van der Waals surface area contributed by atoms with Crippen molar-refractivity contribution in [1.29, 1.82) is 0 Å². The van der Waals surface area contributed by atoms with Gasteiger partial charge in [-0.2, -0.15) is 15.0 Å². The number of nitrogens with one attached hydrogen (secondary N) is 2. The Kier molecular flexibility index (Phi) is 5.11. The fourth-order valence-corrected chi connectivity index (χ4v) is 1.91. The first-order valence-corrected chi connectivity index (χ1v) is 7.13. The fourth-order valence-electron chi connectivity index (χ4n) is 1.91. The van der Waals surface area contributed by atoms with E-state index in [4.69, 9.17) is 5.11 Å². The molecule has 0 unspecified atom stereocenters. The van der Waals surface area contributed by atoms with Crippen LogP contribution in [-0.4, -0.2) is 39.3 Å². The molecule has 7 nitrogen and oxygen atoms in total. The van der Waals surface area contributed by atoms with Gasteiger partial charge in [-0.1, -0.05) is 13.8 Å². The second kappa shape index (κ2) is 7.04. The molecule has 2 amide bonds. The molecule has 7 heteroatoms. The SMILES string of the molecule is CC(C)(CCO)CNC(=O)Nc1ccc(-n2nccn2)cc1. The van der Waals surface area contributed by atoms with Crippen LogP contribution in [0.25, 0.3) is 5.69 Å². The molecule has 0 saturated heterocycles. The minimum absolute atomic E-state index is 0.110. The number of hydrogen-bond acceptors (Lipinski definition) is 4. The molecule has 0 fully saturated rings. The van der Waals surface area contributed by atoms with Gasteiger partial charge in [0.05, 0.1) is 18.1 Å². The molecule has 118 valence electrons. The molecule has 0 radical (unpaired) electrons. The van der Waals surface area contributed by atoms with E-state index in [1.54, 1.807) is 24.5 Å². The highest BCUT2D eigenvalue weighted by atomic mass is 16.3. The monoisotopic (exact) mass is 303 g/mol. The van der Waals surface area contributed by atoms with Crippen molar-refractivity contribution in [2.45, 2.75) is 20.3 Å². The number of carbonyl (C=O) groups excluding carboxylic acids is 1. The van der Waals surface area contributed by atoms with E-state index in [-0.39, 0.29) is 18.1 Å². The van der Waals surface area contributed by atoms with E-state index in [9.17, 15) is 4.79 Å². The number of nitrogens with zero attached hydrogens (tertiary/aromatic N) is 3. The zero-order chi connectivity index (χ0) is 16.0. The van der Waals surface area contributed by atoms with Gasteiger partial charge in [-0.05, 0) is 36.1 Å². The quantitative estimate of drug-likeness (QED) is 0.758. The van der Waals surface area contributed by atoms with Crippen molar-refractivity contribution in [2.24, 2.45) is 5.41 Å². The van der Waals surface area contributed by atoms with E-state index < -0.39 is 0 Å². The van der Waals surface area contributed by atoms with E-state index in [2.05, 4.69) is 20.8 Å². The maximum atomic E-state index is 11.9. The van der Waals surface area contributed by atoms with Crippen molar-refractivity contribution >= 4 is 11.7 Å². The lowest BCUT2D eigenvalue weighted by Gasteiger charge is -2.23. The summed E-state index contributed by atoms with van der Waals surface area (Å²) in [5.74, 6) is 0. The molecule has 1 aromatic heterocycles.